The van der Waals surface area contributed by atoms with Gasteiger partial charge in [-0.2, -0.15) is 0 Å². The van der Waals surface area contributed by atoms with Gasteiger partial charge in [-0.05, 0) is 36.6 Å². The molecule has 2 rings (SSSR count). The zero-order valence-electron chi connectivity index (χ0n) is 12.3. The highest BCUT2D eigenvalue weighted by Gasteiger charge is 2.21. The quantitative estimate of drug-likeness (QED) is 0.494. The molecule has 0 unspecified atom stereocenters. The van der Waals surface area contributed by atoms with Gasteiger partial charge in [-0.3, -0.25) is 14.9 Å². The van der Waals surface area contributed by atoms with Crippen LogP contribution in [0.1, 0.15) is 10.4 Å². The Balaban J connectivity index is 2.41. The van der Waals surface area contributed by atoms with E-state index in [1.165, 1.54) is 37.1 Å². The first-order valence-electron chi connectivity index (χ1n) is 6.43. The van der Waals surface area contributed by atoms with Crippen molar-refractivity contribution in [3.63, 3.8) is 0 Å². The first-order valence-corrected chi connectivity index (χ1v) is 8.04. The summed E-state index contributed by atoms with van der Waals surface area (Å²) in [6, 6.07) is 9.13. The monoisotopic (exact) mass is 352 g/mol. The molecule has 0 saturated carbocycles. The lowest BCUT2D eigenvalue weighted by Gasteiger charge is -2.11. The maximum atomic E-state index is 12.5. The minimum atomic E-state index is -0.604. The molecule has 2 aromatic rings. The van der Waals surface area contributed by atoms with Crippen molar-refractivity contribution in [1.29, 1.82) is 0 Å². The van der Waals surface area contributed by atoms with E-state index in [-0.39, 0.29) is 11.3 Å². The van der Waals surface area contributed by atoms with Crippen LogP contribution in [0.25, 0.3) is 0 Å². The molecule has 0 aromatic heterocycles. The van der Waals surface area contributed by atoms with E-state index in [4.69, 9.17) is 16.3 Å². The maximum Gasteiger partial charge on any atom is 0.282 e. The summed E-state index contributed by atoms with van der Waals surface area (Å²) in [5.74, 6) is -0.195. The molecule has 0 aliphatic heterocycles. The number of nitrogens with one attached hydrogen (secondary N) is 1. The van der Waals surface area contributed by atoms with Crippen molar-refractivity contribution in [2.24, 2.45) is 0 Å². The van der Waals surface area contributed by atoms with Crippen LogP contribution in [0.4, 0.5) is 11.4 Å². The van der Waals surface area contributed by atoms with Crippen LogP contribution in [0.3, 0.4) is 0 Å². The molecule has 0 saturated heterocycles. The van der Waals surface area contributed by atoms with Crippen LogP contribution in [0.5, 0.6) is 5.75 Å². The number of carbonyl (C=O) groups excluding carboxylic acids is 1. The van der Waals surface area contributed by atoms with Crippen molar-refractivity contribution in [2.45, 2.75) is 4.90 Å². The lowest BCUT2D eigenvalue weighted by molar-refractivity contribution is -0.385. The number of nitro benzene ring substituents is 1. The number of methoxy groups -OCH3 is 1. The molecule has 8 heteroatoms. The Labute approximate surface area is 141 Å². The molecule has 2 aromatic carbocycles. The van der Waals surface area contributed by atoms with E-state index in [1.54, 1.807) is 18.2 Å². The van der Waals surface area contributed by atoms with Crippen molar-refractivity contribution in [1.82, 2.24) is 0 Å². The van der Waals surface area contributed by atoms with Crippen LogP contribution < -0.4 is 10.1 Å². The summed E-state index contributed by atoms with van der Waals surface area (Å²) < 4.78 is 5.15. The van der Waals surface area contributed by atoms with Crippen LogP contribution in [-0.2, 0) is 0 Å². The van der Waals surface area contributed by atoms with Crippen molar-refractivity contribution in [3.05, 3.63) is 57.1 Å². The number of nitrogens with zero attached hydrogens (tertiary/aromatic N) is 1. The van der Waals surface area contributed by atoms with Crippen LogP contribution in [0.2, 0.25) is 5.02 Å². The molecule has 0 spiro atoms. The first-order chi connectivity index (χ1) is 11.0. The maximum absolute atomic E-state index is 12.5. The zero-order chi connectivity index (χ0) is 17.0. The van der Waals surface area contributed by atoms with Gasteiger partial charge in [0.05, 0.1) is 17.7 Å². The largest absolute Gasteiger partial charge is 0.495 e. The molecule has 0 radical (unpaired) electrons. The van der Waals surface area contributed by atoms with E-state index in [9.17, 15) is 14.9 Å². The number of rotatable bonds is 5. The van der Waals surface area contributed by atoms with Crippen molar-refractivity contribution < 1.29 is 14.5 Å². The Morgan fingerprint density at radius 1 is 1.30 bits per heavy atom. The Morgan fingerprint density at radius 2 is 2.04 bits per heavy atom. The minimum absolute atomic E-state index is 0.0242. The molecule has 0 heterocycles. The number of benzene rings is 2. The van der Waals surface area contributed by atoms with Gasteiger partial charge in [0.15, 0.2) is 0 Å². The van der Waals surface area contributed by atoms with E-state index in [1.807, 2.05) is 6.26 Å². The summed E-state index contributed by atoms with van der Waals surface area (Å²) in [6.45, 7) is 0. The van der Waals surface area contributed by atoms with Crippen LogP contribution in [0, 0.1) is 10.1 Å². The van der Waals surface area contributed by atoms with Crippen molar-refractivity contribution in [3.8, 4) is 5.75 Å². The summed E-state index contributed by atoms with van der Waals surface area (Å²) in [6.07, 6.45) is 1.82. The Bertz CT molecular complexity index is 767. The molecule has 0 aliphatic carbocycles. The fourth-order valence-electron chi connectivity index (χ4n) is 1.95. The summed E-state index contributed by atoms with van der Waals surface area (Å²) in [5, 5.41) is 14.1. The standard InChI is InChI=1S/C15H13ClN2O4S/c1-22-14-6-3-9(16)7-12(14)17-15(19)11-8-10(23-2)4-5-13(11)18(20)21/h3-8H,1-2H3,(H,17,19). The number of hydrogen-bond acceptors (Lipinski definition) is 5. The molecule has 120 valence electrons. The Hall–Kier alpha value is -2.25. The summed E-state index contributed by atoms with van der Waals surface area (Å²) in [5.41, 5.74) is 0.0547. The molecular formula is C15H13ClN2O4S. The second-order valence-corrected chi connectivity index (χ2v) is 5.76. The summed E-state index contributed by atoms with van der Waals surface area (Å²) >= 11 is 7.30. The summed E-state index contributed by atoms with van der Waals surface area (Å²) in [7, 11) is 1.45. The number of carbonyl (C=O) groups is 1. The molecular weight excluding hydrogens is 340 g/mol. The molecule has 0 atom stereocenters. The third kappa shape index (κ3) is 3.94. The number of ether oxygens (including phenoxy) is 1. The third-order valence-electron chi connectivity index (χ3n) is 3.05. The SMILES string of the molecule is COc1ccc(Cl)cc1NC(=O)c1cc(SC)ccc1[N+](=O)[O-]. The van der Waals surface area contributed by atoms with Gasteiger partial charge in [-0.25, -0.2) is 0 Å². The van der Waals surface area contributed by atoms with E-state index < -0.39 is 10.8 Å². The van der Waals surface area contributed by atoms with Crippen LogP contribution in [-0.4, -0.2) is 24.2 Å². The topological polar surface area (TPSA) is 81.5 Å². The zero-order valence-corrected chi connectivity index (χ0v) is 13.9. The van der Waals surface area contributed by atoms with E-state index in [0.717, 1.165) is 4.90 Å². The van der Waals surface area contributed by atoms with E-state index in [0.29, 0.717) is 16.5 Å². The van der Waals surface area contributed by atoms with Gasteiger partial charge < -0.3 is 10.1 Å². The van der Waals surface area contributed by atoms with Gasteiger partial charge in [-0.1, -0.05) is 11.6 Å². The lowest BCUT2D eigenvalue weighted by Crippen LogP contribution is -2.14. The molecule has 0 bridgehead atoms. The van der Waals surface area contributed by atoms with Crippen LogP contribution in [0.15, 0.2) is 41.3 Å². The van der Waals surface area contributed by atoms with Gasteiger partial charge in [-0.15, -0.1) is 11.8 Å². The highest BCUT2D eigenvalue weighted by molar-refractivity contribution is 7.98. The second kappa shape index (κ2) is 7.34. The average molecular weight is 353 g/mol. The van der Waals surface area contributed by atoms with E-state index in [2.05, 4.69) is 5.32 Å². The predicted molar refractivity (Wildman–Crippen MR) is 90.8 cm³/mol. The average Bonchev–Trinajstić information content (AvgIpc) is 2.54. The fourth-order valence-corrected chi connectivity index (χ4v) is 2.56. The summed E-state index contributed by atoms with van der Waals surface area (Å²) in [4.78, 5) is 23.8. The second-order valence-electron chi connectivity index (χ2n) is 4.44. The van der Waals surface area contributed by atoms with Gasteiger partial charge >= 0.3 is 0 Å². The van der Waals surface area contributed by atoms with Gasteiger partial charge in [0, 0.05) is 16.0 Å². The van der Waals surface area contributed by atoms with Crippen molar-refractivity contribution in [2.75, 3.05) is 18.7 Å². The normalized spacial score (nSPS) is 10.2. The number of hydrogen-bond donors (Lipinski definition) is 1. The van der Waals surface area contributed by atoms with Gasteiger partial charge in [0.2, 0.25) is 0 Å². The molecule has 23 heavy (non-hydrogen) atoms. The molecule has 1 amide bonds. The number of thioether (sulfide) groups is 1. The van der Waals surface area contributed by atoms with Gasteiger partial charge in [0.25, 0.3) is 11.6 Å². The smallest absolute Gasteiger partial charge is 0.282 e. The number of amides is 1. The molecule has 0 fully saturated rings. The minimum Gasteiger partial charge on any atom is -0.495 e. The molecule has 6 nitrogen and oxygen atoms in total. The molecule has 1 N–H and O–H groups in total. The lowest BCUT2D eigenvalue weighted by atomic mass is 10.1. The first kappa shape index (κ1) is 17.1. The highest BCUT2D eigenvalue weighted by Crippen LogP contribution is 2.30. The number of nitro groups is 1. The highest BCUT2D eigenvalue weighted by atomic mass is 35.5. The number of anilines is 1. The fraction of sp³-hybridized carbons (Fsp3) is 0.133. The third-order valence-corrected chi connectivity index (χ3v) is 4.02. The van der Waals surface area contributed by atoms with Crippen LogP contribution >= 0.6 is 23.4 Å². The molecule has 0 aliphatic rings. The Morgan fingerprint density at radius 3 is 2.65 bits per heavy atom. The van der Waals surface area contributed by atoms with Crippen molar-refractivity contribution >= 4 is 40.6 Å². The Kier molecular flexibility index (Phi) is 5.46. The number of halogens is 1. The van der Waals surface area contributed by atoms with E-state index >= 15 is 0 Å². The van der Waals surface area contributed by atoms with Gasteiger partial charge in [0.1, 0.15) is 11.3 Å². The predicted octanol–water partition coefficient (Wildman–Crippen LogP) is 4.23.